The van der Waals surface area contributed by atoms with Crippen molar-refractivity contribution in [1.29, 1.82) is 0 Å². The van der Waals surface area contributed by atoms with Gasteiger partial charge in [0.25, 0.3) is 11.7 Å². The zero-order valence-corrected chi connectivity index (χ0v) is 16.7. The lowest BCUT2D eigenvalue weighted by Crippen LogP contribution is -2.42. The SMILES string of the molecule is CSc1nc2nc(C)c(CC(=O)NNC(=O)c3cc(Br)c[nH]3)c(C)n2n1. The maximum Gasteiger partial charge on any atom is 0.286 e. The summed E-state index contributed by atoms with van der Waals surface area (Å²) in [5.74, 6) is -0.299. The molecule has 0 aromatic carbocycles. The van der Waals surface area contributed by atoms with Gasteiger partial charge >= 0.3 is 0 Å². The first-order chi connectivity index (χ1) is 12.4. The Labute approximate surface area is 161 Å². The molecule has 0 radical (unpaired) electrons. The van der Waals surface area contributed by atoms with Gasteiger partial charge in [-0.05, 0) is 42.1 Å². The number of aromatic amines is 1. The number of fused-ring (bicyclic) bond motifs is 1. The van der Waals surface area contributed by atoms with Crippen LogP contribution in [0.1, 0.15) is 27.4 Å². The van der Waals surface area contributed by atoms with Crippen molar-refractivity contribution in [3.8, 4) is 0 Å². The van der Waals surface area contributed by atoms with Crippen LogP contribution in [-0.2, 0) is 11.2 Å². The highest BCUT2D eigenvalue weighted by Crippen LogP contribution is 2.17. The van der Waals surface area contributed by atoms with Crippen LogP contribution in [0.25, 0.3) is 5.78 Å². The maximum atomic E-state index is 12.2. The Balaban J connectivity index is 1.71. The third kappa shape index (κ3) is 3.73. The first kappa shape index (κ1) is 18.4. The quantitative estimate of drug-likeness (QED) is 0.421. The number of halogens is 1. The lowest BCUT2D eigenvalue weighted by Gasteiger charge is -2.11. The van der Waals surface area contributed by atoms with E-state index in [1.165, 1.54) is 11.8 Å². The third-order valence-corrected chi connectivity index (χ3v) is 4.75. The van der Waals surface area contributed by atoms with Crippen molar-refractivity contribution in [3.63, 3.8) is 0 Å². The Bertz CT molecular complexity index is 997. The van der Waals surface area contributed by atoms with Crippen molar-refractivity contribution in [3.05, 3.63) is 39.4 Å². The van der Waals surface area contributed by atoms with Crippen molar-refractivity contribution in [2.75, 3.05) is 6.26 Å². The average Bonchev–Trinajstić information content (AvgIpc) is 3.22. The molecule has 0 fully saturated rings. The van der Waals surface area contributed by atoms with Gasteiger partial charge in [0.05, 0.1) is 6.42 Å². The fourth-order valence-corrected chi connectivity index (χ4v) is 3.11. The van der Waals surface area contributed by atoms with E-state index < -0.39 is 5.91 Å². The van der Waals surface area contributed by atoms with Gasteiger partial charge in [0.1, 0.15) is 5.69 Å². The van der Waals surface area contributed by atoms with E-state index in [0.29, 0.717) is 22.3 Å². The summed E-state index contributed by atoms with van der Waals surface area (Å²) >= 11 is 4.67. The molecular formula is C15H16BrN7O2S. The van der Waals surface area contributed by atoms with E-state index in [1.807, 2.05) is 20.1 Å². The lowest BCUT2D eigenvalue weighted by molar-refractivity contribution is -0.121. The second kappa shape index (κ2) is 7.46. The van der Waals surface area contributed by atoms with E-state index in [9.17, 15) is 9.59 Å². The van der Waals surface area contributed by atoms with Crippen molar-refractivity contribution in [1.82, 2.24) is 35.4 Å². The Morgan fingerprint density at radius 2 is 2.08 bits per heavy atom. The zero-order valence-electron chi connectivity index (χ0n) is 14.3. The number of rotatable bonds is 4. The largest absolute Gasteiger partial charge is 0.356 e. The molecule has 3 aromatic rings. The Morgan fingerprint density at radius 1 is 1.31 bits per heavy atom. The number of amides is 2. The fraction of sp³-hybridized carbons (Fsp3) is 0.267. The highest BCUT2D eigenvalue weighted by Gasteiger charge is 2.16. The van der Waals surface area contributed by atoms with E-state index in [1.54, 1.807) is 16.8 Å². The van der Waals surface area contributed by atoms with Crippen LogP contribution >= 0.6 is 27.7 Å². The zero-order chi connectivity index (χ0) is 18.8. The van der Waals surface area contributed by atoms with Gasteiger partial charge in [-0.3, -0.25) is 20.4 Å². The monoisotopic (exact) mass is 437 g/mol. The molecule has 0 aliphatic carbocycles. The number of thioether (sulfide) groups is 1. The normalized spacial score (nSPS) is 10.9. The fourth-order valence-electron chi connectivity index (χ4n) is 2.43. The van der Waals surface area contributed by atoms with Gasteiger partial charge in [-0.2, -0.15) is 4.98 Å². The minimum absolute atomic E-state index is 0.0593. The molecule has 2 amide bonds. The first-order valence-electron chi connectivity index (χ1n) is 7.59. The van der Waals surface area contributed by atoms with Crippen LogP contribution in [0.15, 0.2) is 21.9 Å². The standard InChI is InChI=1S/C15H16BrN7O2S/c1-7-10(8(2)23-14(18-7)19-15(22-23)26-3)5-12(24)20-21-13(25)11-4-9(16)6-17-11/h4,6,17H,5H2,1-3H3,(H,20,24)(H,21,25). The van der Waals surface area contributed by atoms with Crippen LogP contribution in [-0.4, -0.2) is 42.6 Å². The van der Waals surface area contributed by atoms with Crippen molar-refractivity contribution in [2.24, 2.45) is 0 Å². The Kier molecular flexibility index (Phi) is 5.28. The summed E-state index contributed by atoms with van der Waals surface area (Å²) in [5.41, 5.74) is 7.34. The molecule has 3 heterocycles. The number of hydrogen-bond donors (Lipinski definition) is 3. The highest BCUT2D eigenvalue weighted by molar-refractivity contribution is 9.10. The van der Waals surface area contributed by atoms with Crippen molar-refractivity contribution in [2.45, 2.75) is 25.4 Å². The summed E-state index contributed by atoms with van der Waals surface area (Å²) in [4.78, 5) is 35.7. The second-order valence-electron chi connectivity index (χ2n) is 5.48. The predicted molar refractivity (Wildman–Crippen MR) is 99.8 cm³/mol. The molecule has 0 atom stereocenters. The molecule has 3 N–H and O–H groups in total. The first-order valence-corrected chi connectivity index (χ1v) is 9.60. The van der Waals surface area contributed by atoms with Crippen LogP contribution < -0.4 is 10.9 Å². The number of nitrogens with one attached hydrogen (secondary N) is 3. The number of H-pyrrole nitrogens is 1. The van der Waals surface area contributed by atoms with Crippen LogP contribution in [0, 0.1) is 13.8 Å². The Hall–Kier alpha value is -2.40. The molecule has 9 nitrogen and oxygen atoms in total. The molecule has 0 saturated carbocycles. The number of nitrogens with zero attached hydrogens (tertiary/aromatic N) is 4. The van der Waals surface area contributed by atoms with E-state index in [0.717, 1.165) is 15.7 Å². The molecule has 0 unspecified atom stereocenters. The van der Waals surface area contributed by atoms with Crippen molar-refractivity contribution >= 4 is 45.3 Å². The number of hydrogen-bond acceptors (Lipinski definition) is 6. The van der Waals surface area contributed by atoms with Gasteiger partial charge in [-0.1, -0.05) is 11.8 Å². The predicted octanol–water partition coefficient (Wildman–Crippen LogP) is 1.56. The molecule has 11 heteroatoms. The summed E-state index contributed by atoms with van der Waals surface area (Å²) in [6, 6.07) is 1.61. The number of carbonyl (C=O) groups excluding carboxylic acids is 2. The molecule has 3 rings (SSSR count). The topological polar surface area (TPSA) is 117 Å². The summed E-state index contributed by atoms with van der Waals surface area (Å²) in [6.45, 7) is 3.68. The minimum atomic E-state index is -0.438. The van der Waals surface area contributed by atoms with Gasteiger partial charge in [0, 0.05) is 27.6 Å². The van der Waals surface area contributed by atoms with Gasteiger partial charge in [0.2, 0.25) is 11.1 Å². The van der Waals surface area contributed by atoms with Crippen molar-refractivity contribution < 1.29 is 9.59 Å². The number of aryl methyl sites for hydroxylation is 2. The number of aromatic nitrogens is 5. The molecule has 136 valence electrons. The maximum absolute atomic E-state index is 12.2. The van der Waals surface area contributed by atoms with Gasteiger partial charge in [0.15, 0.2) is 0 Å². The van der Waals surface area contributed by atoms with Gasteiger partial charge < -0.3 is 4.98 Å². The highest BCUT2D eigenvalue weighted by atomic mass is 79.9. The van der Waals surface area contributed by atoms with E-state index in [4.69, 9.17) is 0 Å². The molecule has 0 bridgehead atoms. The third-order valence-electron chi connectivity index (χ3n) is 3.76. The molecule has 0 aliphatic rings. The molecule has 0 aliphatic heterocycles. The second-order valence-corrected chi connectivity index (χ2v) is 7.17. The molecule has 0 saturated heterocycles. The molecule has 3 aromatic heterocycles. The van der Waals surface area contributed by atoms with Crippen LogP contribution in [0.3, 0.4) is 0 Å². The lowest BCUT2D eigenvalue weighted by atomic mass is 10.1. The smallest absolute Gasteiger partial charge is 0.286 e. The average molecular weight is 438 g/mol. The van der Waals surface area contributed by atoms with E-state index in [2.05, 4.69) is 46.8 Å². The summed E-state index contributed by atoms with van der Waals surface area (Å²) in [6.07, 6.45) is 3.58. The Morgan fingerprint density at radius 3 is 2.73 bits per heavy atom. The minimum Gasteiger partial charge on any atom is -0.356 e. The van der Waals surface area contributed by atoms with Crippen LogP contribution in [0.2, 0.25) is 0 Å². The summed E-state index contributed by atoms with van der Waals surface area (Å²) in [7, 11) is 0. The van der Waals surface area contributed by atoms with E-state index >= 15 is 0 Å². The van der Waals surface area contributed by atoms with Crippen LogP contribution in [0.4, 0.5) is 0 Å². The van der Waals surface area contributed by atoms with Gasteiger partial charge in [-0.25, -0.2) is 9.50 Å². The number of hydrazine groups is 1. The van der Waals surface area contributed by atoms with Gasteiger partial charge in [-0.15, -0.1) is 5.10 Å². The molecule has 26 heavy (non-hydrogen) atoms. The van der Waals surface area contributed by atoms with Crippen LogP contribution in [0.5, 0.6) is 0 Å². The molecular weight excluding hydrogens is 422 g/mol. The summed E-state index contributed by atoms with van der Waals surface area (Å²) in [5, 5.41) is 4.97. The number of carbonyl (C=O) groups is 2. The summed E-state index contributed by atoms with van der Waals surface area (Å²) < 4.78 is 2.37. The van der Waals surface area contributed by atoms with E-state index in [-0.39, 0.29) is 12.3 Å². The molecule has 0 spiro atoms.